The molecule has 35 heavy (non-hydrogen) atoms. The minimum Gasteiger partial charge on any atom is -0.493 e. The van der Waals surface area contributed by atoms with Crippen molar-refractivity contribution in [1.82, 2.24) is 4.90 Å². The number of nitrogens with zero attached hydrogens (tertiary/aromatic N) is 2. The fourth-order valence-electron chi connectivity index (χ4n) is 3.61. The standard InChI is InChI=1S/C27H21ClN2O4S/c1-17-7-3-4-9-20(17)15-30-26(31)24(35-27(30)32)13-18-11-22(28)25(23(12-18)33-2)34-16-21-10-6-5-8-19(21)14-29/h3-13H,15-16H2,1-2H3/b24-13-. The van der Waals surface area contributed by atoms with Gasteiger partial charge in [0.15, 0.2) is 11.5 Å². The van der Waals surface area contributed by atoms with Gasteiger partial charge in [0.1, 0.15) is 6.61 Å². The molecular formula is C27H21ClN2O4S. The van der Waals surface area contributed by atoms with Crippen molar-refractivity contribution in [1.29, 1.82) is 5.26 Å². The number of benzene rings is 3. The van der Waals surface area contributed by atoms with Crippen LogP contribution in [-0.2, 0) is 17.9 Å². The van der Waals surface area contributed by atoms with Crippen LogP contribution in [0.25, 0.3) is 6.08 Å². The van der Waals surface area contributed by atoms with Crippen molar-refractivity contribution in [3.63, 3.8) is 0 Å². The maximum absolute atomic E-state index is 13.0. The van der Waals surface area contributed by atoms with E-state index in [4.69, 9.17) is 21.1 Å². The molecular weight excluding hydrogens is 484 g/mol. The topological polar surface area (TPSA) is 79.6 Å². The Morgan fingerprint density at radius 2 is 1.80 bits per heavy atom. The van der Waals surface area contributed by atoms with Crippen LogP contribution in [0, 0.1) is 18.3 Å². The van der Waals surface area contributed by atoms with E-state index in [1.807, 2.05) is 37.3 Å². The van der Waals surface area contributed by atoms with E-state index in [0.717, 1.165) is 28.5 Å². The van der Waals surface area contributed by atoms with Gasteiger partial charge in [-0.3, -0.25) is 14.5 Å². The Hall–Kier alpha value is -3.73. The molecule has 1 fully saturated rings. The number of ether oxygens (including phenoxy) is 2. The smallest absolute Gasteiger partial charge is 0.293 e. The molecule has 1 aliphatic heterocycles. The van der Waals surface area contributed by atoms with Gasteiger partial charge in [0, 0.05) is 5.56 Å². The van der Waals surface area contributed by atoms with Gasteiger partial charge in [-0.2, -0.15) is 5.26 Å². The second-order valence-corrected chi connectivity index (χ2v) is 9.19. The van der Waals surface area contributed by atoms with E-state index in [1.54, 1.807) is 36.4 Å². The van der Waals surface area contributed by atoms with E-state index >= 15 is 0 Å². The molecule has 1 heterocycles. The van der Waals surface area contributed by atoms with Crippen LogP contribution in [0.15, 0.2) is 65.6 Å². The largest absolute Gasteiger partial charge is 0.493 e. The van der Waals surface area contributed by atoms with Crippen LogP contribution in [0.2, 0.25) is 5.02 Å². The lowest BCUT2D eigenvalue weighted by molar-refractivity contribution is -0.123. The van der Waals surface area contributed by atoms with E-state index in [9.17, 15) is 14.9 Å². The van der Waals surface area contributed by atoms with Crippen molar-refractivity contribution in [2.75, 3.05) is 7.11 Å². The molecule has 3 aromatic carbocycles. The summed E-state index contributed by atoms with van der Waals surface area (Å²) in [4.78, 5) is 27.1. The van der Waals surface area contributed by atoms with Gasteiger partial charge in [0.25, 0.3) is 11.1 Å². The summed E-state index contributed by atoms with van der Waals surface area (Å²) in [6.45, 7) is 2.30. The number of rotatable bonds is 7. The molecule has 176 valence electrons. The quantitative estimate of drug-likeness (QED) is 0.349. The van der Waals surface area contributed by atoms with Crippen molar-refractivity contribution < 1.29 is 19.1 Å². The molecule has 0 spiro atoms. The van der Waals surface area contributed by atoms with Crippen LogP contribution in [0.4, 0.5) is 4.79 Å². The van der Waals surface area contributed by atoms with Crippen LogP contribution in [0.1, 0.15) is 27.8 Å². The molecule has 0 radical (unpaired) electrons. The lowest BCUT2D eigenvalue weighted by atomic mass is 10.1. The van der Waals surface area contributed by atoms with E-state index in [1.165, 1.54) is 12.0 Å². The maximum atomic E-state index is 13.0. The van der Waals surface area contributed by atoms with Gasteiger partial charge in [0.05, 0.1) is 35.2 Å². The number of halogens is 1. The van der Waals surface area contributed by atoms with Gasteiger partial charge in [-0.25, -0.2) is 0 Å². The molecule has 3 aromatic rings. The highest BCUT2D eigenvalue weighted by molar-refractivity contribution is 8.18. The predicted octanol–water partition coefficient (Wildman–Crippen LogP) is 6.34. The minimum atomic E-state index is -0.355. The molecule has 6 nitrogen and oxygen atoms in total. The monoisotopic (exact) mass is 504 g/mol. The lowest BCUT2D eigenvalue weighted by Gasteiger charge is -2.14. The van der Waals surface area contributed by atoms with Gasteiger partial charge < -0.3 is 9.47 Å². The Labute approximate surface area is 212 Å². The highest BCUT2D eigenvalue weighted by Gasteiger charge is 2.35. The minimum absolute atomic E-state index is 0.136. The third-order valence-corrected chi connectivity index (χ3v) is 6.71. The number of aryl methyl sites for hydroxylation is 1. The zero-order valence-corrected chi connectivity index (χ0v) is 20.7. The second-order valence-electron chi connectivity index (χ2n) is 7.79. The van der Waals surface area contributed by atoms with Crippen LogP contribution >= 0.6 is 23.4 Å². The Morgan fingerprint density at radius 3 is 2.51 bits per heavy atom. The molecule has 0 saturated carbocycles. The van der Waals surface area contributed by atoms with Gasteiger partial charge in [-0.15, -0.1) is 0 Å². The molecule has 0 aromatic heterocycles. The third-order valence-electron chi connectivity index (χ3n) is 5.52. The Bertz CT molecular complexity index is 1380. The normalized spacial score (nSPS) is 14.3. The first kappa shape index (κ1) is 24.4. The fourth-order valence-corrected chi connectivity index (χ4v) is 4.73. The molecule has 0 aliphatic carbocycles. The molecule has 0 N–H and O–H groups in total. The lowest BCUT2D eigenvalue weighted by Crippen LogP contribution is -2.27. The highest BCUT2D eigenvalue weighted by Crippen LogP contribution is 2.39. The van der Waals surface area contributed by atoms with Crippen LogP contribution < -0.4 is 9.47 Å². The summed E-state index contributed by atoms with van der Waals surface area (Å²) in [5.74, 6) is 0.343. The first-order valence-electron chi connectivity index (χ1n) is 10.7. The van der Waals surface area contributed by atoms with E-state index in [0.29, 0.717) is 27.5 Å². The van der Waals surface area contributed by atoms with Crippen LogP contribution in [-0.4, -0.2) is 23.2 Å². The summed E-state index contributed by atoms with van der Waals surface area (Å²) < 4.78 is 11.3. The molecule has 2 amide bonds. The van der Waals surface area contributed by atoms with Crippen LogP contribution in [0.5, 0.6) is 11.5 Å². The zero-order chi connectivity index (χ0) is 24.9. The molecule has 8 heteroatoms. The van der Waals surface area contributed by atoms with Crippen molar-refractivity contribution in [2.24, 2.45) is 0 Å². The summed E-state index contributed by atoms with van der Waals surface area (Å²) in [6, 6.07) is 20.2. The Balaban J connectivity index is 1.55. The summed E-state index contributed by atoms with van der Waals surface area (Å²) in [7, 11) is 1.49. The molecule has 0 atom stereocenters. The van der Waals surface area contributed by atoms with Crippen LogP contribution in [0.3, 0.4) is 0 Å². The van der Waals surface area contributed by atoms with Gasteiger partial charge in [0.2, 0.25) is 0 Å². The van der Waals surface area contributed by atoms with Crippen molar-refractivity contribution in [3.8, 4) is 17.6 Å². The number of hydrogen-bond donors (Lipinski definition) is 0. The van der Waals surface area contributed by atoms with E-state index in [2.05, 4.69) is 6.07 Å². The molecule has 1 aliphatic rings. The van der Waals surface area contributed by atoms with Crippen molar-refractivity contribution in [3.05, 3.63) is 98.4 Å². The number of hydrogen-bond acceptors (Lipinski definition) is 6. The molecule has 0 bridgehead atoms. The van der Waals surface area contributed by atoms with Gasteiger partial charge >= 0.3 is 0 Å². The van der Waals surface area contributed by atoms with Gasteiger partial charge in [-0.05, 0) is 59.7 Å². The number of thioether (sulfide) groups is 1. The number of carbonyl (C=O) groups excluding carboxylic acids is 2. The van der Waals surface area contributed by atoms with Crippen molar-refractivity contribution >= 4 is 40.6 Å². The van der Waals surface area contributed by atoms with Crippen molar-refractivity contribution in [2.45, 2.75) is 20.1 Å². The SMILES string of the molecule is COc1cc(/C=C2\SC(=O)N(Cc3ccccc3C)C2=O)cc(Cl)c1OCc1ccccc1C#N. The summed E-state index contributed by atoms with van der Waals surface area (Å²) >= 11 is 7.38. The van der Waals surface area contributed by atoms with E-state index in [-0.39, 0.29) is 29.3 Å². The summed E-state index contributed by atoms with van der Waals surface area (Å²) in [5.41, 5.74) is 3.76. The molecule has 0 unspecified atom stereocenters. The number of nitriles is 1. The fraction of sp³-hybridized carbons (Fsp3) is 0.148. The highest BCUT2D eigenvalue weighted by atomic mass is 35.5. The Morgan fingerprint density at radius 1 is 1.09 bits per heavy atom. The number of imide groups is 1. The number of methoxy groups -OCH3 is 1. The van der Waals surface area contributed by atoms with Gasteiger partial charge in [-0.1, -0.05) is 54.1 Å². The first-order chi connectivity index (χ1) is 16.9. The second kappa shape index (κ2) is 10.7. The molecule has 4 rings (SSSR count). The predicted molar refractivity (Wildman–Crippen MR) is 136 cm³/mol. The third kappa shape index (κ3) is 5.35. The average Bonchev–Trinajstić information content (AvgIpc) is 3.11. The first-order valence-corrected chi connectivity index (χ1v) is 11.9. The average molecular weight is 505 g/mol. The maximum Gasteiger partial charge on any atom is 0.293 e. The summed E-state index contributed by atoms with van der Waals surface area (Å²) in [5, 5.41) is 9.24. The number of amides is 2. The summed E-state index contributed by atoms with van der Waals surface area (Å²) in [6.07, 6.45) is 1.62. The zero-order valence-electron chi connectivity index (χ0n) is 19.1. The Kier molecular flexibility index (Phi) is 7.45. The molecule has 1 saturated heterocycles. The van der Waals surface area contributed by atoms with E-state index < -0.39 is 0 Å². The number of carbonyl (C=O) groups is 2.